The number of benzene rings is 2. The molecule has 1 aliphatic rings. The van der Waals surface area contributed by atoms with E-state index in [2.05, 4.69) is 29.2 Å². The van der Waals surface area contributed by atoms with E-state index in [1.165, 1.54) is 30.4 Å². The highest BCUT2D eigenvalue weighted by atomic mass is 15.2. The van der Waals surface area contributed by atoms with Gasteiger partial charge in [0.25, 0.3) is 0 Å². The van der Waals surface area contributed by atoms with Gasteiger partial charge in [0.05, 0.1) is 6.04 Å². The highest BCUT2D eigenvalue weighted by molar-refractivity contribution is 5.47. The van der Waals surface area contributed by atoms with Crippen molar-refractivity contribution < 1.29 is 0 Å². The van der Waals surface area contributed by atoms with Crippen molar-refractivity contribution in [2.75, 3.05) is 24.6 Å². The molecule has 0 aliphatic carbocycles. The molecule has 1 fully saturated rings. The number of piperidine rings is 1. The van der Waals surface area contributed by atoms with E-state index in [-0.39, 0.29) is 6.04 Å². The molecule has 110 valence electrons. The van der Waals surface area contributed by atoms with Crippen LogP contribution in [0.25, 0.3) is 0 Å². The number of rotatable bonds is 3. The molecule has 0 bridgehead atoms. The monoisotopic (exact) mass is 281 g/mol. The van der Waals surface area contributed by atoms with Gasteiger partial charge in [0.15, 0.2) is 0 Å². The molecule has 4 N–H and O–H groups in total. The lowest BCUT2D eigenvalue weighted by molar-refractivity contribution is 0.187. The van der Waals surface area contributed by atoms with Crippen LogP contribution < -0.4 is 11.5 Å². The van der Waals surface area contributed by atoms with Crippen molar-refractivity contribution in [3.05, 3.63) is 59.7 Å². The van der Waals surface area contributed by atoms with E-state index in [1.54, 1.807) is 0 Å². The Kier molecular flexibility index (Phi) is 4.11. The second-order valence-corrected chi connectivity index (χ2v) is 5.84. The molecule has 21 heavy (non-hydrogen) atoms. The van der Waals surface area contributed by atoms with E-state index in [9.17, 15) is 0 Å². The molecule has 2 aromatic rings. The minimum Gasteiger partial charge on any atom is -0.399 e. The van der Waals surface area contributed by atoms with Crippen LogP contribution in [0, 0.1) is 0 Å². The Morgan fingerprint density at radius 3 is 1.76 bits per heavy atom. The Morgan fingerprint density at radius 1 is 0.762 bits per heavy atom. The average molecular weight is 281 g/mol. The summed E-state index contributed by atoms with van der Waals surface area (Å²) in [6.07, 6.45) is 3.86. The van der Waals surface area contributed by atoms with Crippen molar-refractivity contribution >= 4 is 11.4 Å². The summed E-state index contributed by atoms with van der Waals surface area (Å²) in [7, 11) is 0. The zero-order valence-electron chi connectivity index (χ0n) is 12.3. The fourth-order valence-electron chi connectivity index (χ4n) is 3.25. The molecule has 3 heteroatoms. The number of hydrogen-bond donors (Lipinski definition) is 2. The van der Waals surface area contributed by atoms with E-state index in [0.717, 1.165) is 24.5 Å². The van der Waals surface area contributed by atoms with E-state index in [0.29, 0.717) is 0 Å². The predicted octanol–water partition coefficient (Wildman–Crippen LogP) is 3.43. The molecule has 3 nitrogen and oxygen atoms in total. The largest absolute Gasteiger partial charge is 0.399 e. The van der Waals surface area contributed by atoms with E-state index in [1.807, 2.05) is 24.3 Å². The molecule has 0 aromatic heterocycles. The molecular formula is C18H23N3. The second kappa shape index (κ2) is 6.19. The molecular weight excluding hydrogens is 258 g/mol. The van der Waals surface area contributed by atoms with Crippen LogP contribution in [0.4, 0.5) is 11.4 Å². The molecule has 3 rings (SSSR count). The van der Waals surface area contributed by atoms with Gasteiger partial charge in [-0.15, -0.1) is 0 Å². The van der Waals surface area contributed by atoms with Gasteiger partial charge in [-0.3, -0.25) is 4.90 Å². The van der Waals surface area contributed by atoms with Gasteiger partial charge >= 0.3 is 0 Å². The fourth-order valence-corrected chi connectivity index (χ4v) is 3.25. The Bertz CT molecular complexity index is 557. The van der Waals surface area contributed by atoms with E-state index < -0.39 is 0 Å². The van der Waals surface area contributed by atoms with Crippen molar-refractivity contribution in [2.24, 2.45) is 0 Å². The second-order valence-electron chi connectivity index (χ2n) is 5.84. The molecule has 0 atom stereocenters. The van der Waals surface area contributed by atoms with Gasteiger partial charge < -0.3 is 11.5 Å². The van der Waals surface area contributed by atoms with Crippen LogP contribution in [0.15, 0.2) is 48.5 Å². The maximum atomic E-state index is 5.99. The van der Waals surface area contributed by atoms with Crippen LogP contribution in [-0.4, -0.2) is 18.0 Å². The number of nitrogen functional groups attached to an aromatic ring is 2. The van der Waals surface area contributed by atoms with Gasteiger partial charge in [0, 0.05) is 11.4 Å². The van der Waals surface area contributed by atoms with Gasteiger partial charge in [0.2, 0.25) is 0 Å². The lowest BCUT2D eigenvalue weighted by Gasteiger charge is -2.35. The van der Waals surface area contributed by atoms with E-state index in [4.69, 9.17) is 11.5 Å². The molecule has 2 aromatic carbocycles. The van der Waals surface area contributed by atoms with Gasteiger partial charge in [-0.25, -0.2) is 0 Å². The zero-order valence-corrected chi connectivity index (χ0v) is 12.3. The van der Waals surface area contributed by atoms with Crippen molar-refractivity contribution in [1.82, 2.24) is 4.90 Å². The molecule has 1 aliphatic heterocycles. The summed E-state index contributed by atoms with van der Waals surface area (Å²) >= 11 is 0. The molecule has 0 spiro atoms. The summed E-state index contributed by atoms with van der Waals surface area (Å²) in [6.45, 7) is 2.27. The maximum Gasteiger partial charge on any atom is 0.0603 e. The topological polar surface area (TPSA) is 55.3 Å². The van der Waals surface area contributed by atoms with Gasteiger partial charge in [-0.2, -0.15) is 0 Å². The summed E-state index contributed by atoms with van der Waals surface area (Å²) in [5, 5.41) is 0. The van der Waals surface area contributed by atoms with E-state index >= 15 is 0 Å². The Morgan fingerprint density at radius 2 is 1.29 bits per heavy atom. The first-order chi connectivity index (χ1) is 10.2. The van der Waals surface area contributed by atoms with Gasteiger partial charge in [-0.05, 0) is 61.3 Å². The first-order valence-corrected chi connectivity index (χ1v) is 7.69. The standard InChI is InChI=1S/C18H23N3/c19-16-8-4-6-14(12-16)18(21-10-2-1-3-11-21)15-7-5-9-17(20)13-15/h4-9,12-13,18H,1-3,10-11,19-20H2. The van der Waals surface area contributed by atoms with Crippen molar-refractivity contribution in [3.63, 3.8) is 0 Å². The minimum absolute atomic E-state index is 0.247. The third-order valence-corrected chi connectivity index (χ3v) is 4.21. The van der Waals surface area contributed by atoms with Crippen LogP contribution in [0.3, 0.4) is 0 Å². The Labute approximate surface area is 126 Å². The van der Waals surface area contributed by atoms with Crippen LogP contribution in [0.2, 0.25) is 0 Å². The van der Waals surface area contributed by atoms with Crippen molar-refractivity contribution in [3.8, 4) is 0 Å². The maximum absolute atomic E-state index is 5.99. The first-order valence-electron chi connectivity index (χ1n) is 7.69. The molecule has 0 unspecified atom stereocenters. The average Bonchev–Trinajstić information content (AvgIpc) is 2.49. The number of hydrogen-bond acceptors (Lipinski definition) is 3. The third kappa shape index (κ3) is 3.19. The van der Waals surface area contributed by atoms with Crippen molar-refractivity contribution in [2.45, 2.75) is 25.3 Å². The molecule has 1 saturated heterocycles. The molecule has 0 radical (unpaired) electrons. The van der Waals surface area contributed by atoms with Crippen LogP contribution in [0.5, 0.6) is 0 Å². The SMILES string of the molecule is Nc1cccc(C(c2cccc(N)c2)N2CCCCC2)c1. The third-order valence-electron chi connectivity index (χ3n) is 4.21. The van der Waals surface area contributed by atoms with Crippen LogP contribution in [-0.2, 0) is 0 Å². The molecule has 0 amide bonds. The lowest BCUT2D eigenvalue weighted by Crippen LogP contribution is -2.34. The summed E-state index contributed by atoms with van der Waals surface area (Å²) in [5.74, 6) is 0. The van der Waals surface area contributed by atoms with Crippen molar-refractivity contribution in [1.29, 1.82) is 0 Å². The molecule has 0 saturated carbocycles. The zero-order chi connectivity index (χ0) is 14.7. The Balaban J connectivity index is 2.01. The molecule has 1 heterocycles. The number of nitrogens with two attached hydrogens (primary N) is 2. The van der Waals surface area contributed by atoms with Gasteiger partial charge in [-0.1, -0.05) is 30.7 Å². The number of anilines is 2. The normalized spacial score (nSPS) is 16.2. The Hall–Kier alpha value is -2.00. The van der Waals surface area contributed by atoms with Crippen LogP contribution in [0.1, 0.15) is 36.4 Å². The predicted molar refractivity (Wildman–Crippen MR) is 89.0 cm³/mol. The quantitative estimate of drug-likeness (QED) is 0.848. The summed E-state index contributed by atoms with van der Waals surface area (Å²) in [5.41, 5.74) is 16.1. The lowest BCUT2D eigenvalue weighted by atomic mass is 9.94. The smallest absolute Gasteiger partial charge is 0.0603 e. The number of nitrogens with zero attached hydrogens (tertiary/aromatic N) is 1. The fraction of sp³-hybridized carbons (Fsp3) is 0.333. The van der Waals surface area contributed by atoms with Crippen LogP contribution >= 0.6 is 0 Å². The summed E-state index contributed by atoms with van der Waals surface area (Å²) in [6, 6.07) is 16.7. The minimum atomic E-state index is 0.247. The van der Waals surface area contributed by atoms with Gasteiger partial charge in [0.1, 0.15) is 0 Å². The summed E-state index contributed by atoms with van der Waals surface area (Å²) in [4.78, 5) is 2.55. The highest BCUT2D eigenvalue weighted by Gasteiger charge is 2.24. The summed E-state index contributed by atoms with van der Waals surface area (Å²) < 4.78 is 0. The number of likely N-dealkylation sites (tertiary alicyclic amines) is 1. The first kappa shape index (κ1) is 14.0. The highest BCUT2D eigenvalue weighted by Crippen LogP contribution is 2.32.